The molecule has 0 unspecified atom stereocenters. The Kier molecular flexibility index (Phi) is 8.50. The molecule has 1 aliphatic rings. The Morgan fingerprint density at radius 3 is 2.62 bits per heavy atom. The molecule has 2 aromatic rings. The Bertz CT molecular complexity index is 914. The second kappa shape index (κ2) is 11.5. The minimum atomic E-state index is -0.825. The van der Waals surface area contributed by atoms with Crippen LogP contribution < -0.4 is 10.1 Å². The first-order valence-corrected chi connectivity index (χ1v) is 11.0. The van der Waals surface area contributed by atoms with E-state index in [9.17, 15) is 9.90 Å². The van der Waals surface area contributed by atoms with Crippen molar-refractivity contribution in [3.63, 3.8) is 0 Å². The fraction of sp³-hybridized carbons (Fsp3) is 0.440. The van der Waals surface area contributed by atoms with Crippen molar-refractivity contribution in [2.45, 2.75) is 45.4 Å². The molecule has 0 spiro atoms. The summed E-state index contributed by atoms with van der Waals surface area (Å²) in [5, 5.41) is 13.9. The van der Waals surface area contributed by atoms with Gasteiger partial charge in [0.1, 0.15) is 19.0 Å². The van der Waals surface area contributed by atoms with Crippen LogP contribution in [0.3, 0.4) is 0 Å². The second-order valence-electron chi connectivity index (χ2n) is 8.24. The Balaban J connectivity index is 1.71. The van der Waals surface area contributed by atoms with E-state index in [1.807, 2.05) is 48.5 Å². The van der Waals surface area contributed by atoms with E-state index in [-0.39, 0.29) is 12.5 Å². The van der Waals surface area contributed by atoms with Crippen molar-refractivity contribution in [2.24, 2.45) is 10.9 Å². The number of aliphatic hydroxyl groups is 1. The van der Waals surface area contributed by atoms with Crippen LogP contribution in [0.4, 0.5) is 4.79 Å². The second-order valence-corrected chi connectivity index (χ2v) is 8.24. The van der Waals surface area contributed by atoms with Gasteiger partial charge in [0.05, 0.1) is 31.4 Å². The van der Waals surface area contributed by atoms with Gasteiger partial charge in [-0.25, -0.2) is 9.79 Å². The van der Waals surface area contributed by atoms with Gasteiger partial charge in [-0.3, -0.25) is 0 Å². The highest BCUT2D eigenvalue weighted by atomic mass is 16.5. The molecule has 7 heteroatoms. The van der Waals surface area contributed by atoms with Gasteiger partial charge in [-0.15, -0.1) is 0 Å². The number of alkyl carbamates (subject to hydrolysis) is 1. The maximum Gasteiger partial charge on any atom is 0.407 e. The summed E-state index contributed by atoms with van der Waals surface area (Å²) in [6.07, 6.45) is -0.452. The van der Waals surface area contributed by atoms with Gasteiger partial charge in [-0.2, -0.15) is 0 Å². The van der Waals surface area contributed by atoms with E-state index in [0.717, 1.165) is 16.7 Å². The van der Waals surface area contributed by atoms with Gasteiger partial charge in [0, 0.05) is 6.42 Å². The summed E-state index contributed by atoms with van der Waals surface area (Å²) in [5.41, 5.74) is 2.51. The molecule has 0 aromatic heterocycles. The van der Waals surface area contributed by atoms with Gasteiger partial charge in [0.15, 0.2) is 0 Å². The molecular weight excluding hydrogens is 408 g/mol. The monoisotopic (exact) mass is 440 g/mol. The van der Waals surface area contributed by atoms with Crippen molar-refractivity contribution in [3.8, 4) is 5.75 Å². The molecule has 32 heavy (non-hydrogen) atoms. The van der Waals surface area contributed by atoms with Crippen LogP contribution in [0.15, 0.2) is 53.5 Å². The van der Waals surface area contributed by atoms with Crippen molar-refractivity contribution in [1.82, 2.24) is 5.32 Å². The molecular formula is C25H32N2O5. The van der Waals surface area contributed by atoms with E-state index < -0.39 is 18.2 Å². The van der Waals surface area contributed by atoms with Gasteiger partial charge in [0.25, 0.3) is 0 Å². The van der Waals surface area contributed by atoms with E-state index in [2.05, 4.69) is 24.2 Å². The number of rotatable bonds is 10. The summed E-state index contributed by atoms with van der Waals surface area (Å²) in [4.78, 5) is 16.9. The minimum Gasteiger partial charge on any atom is -0.496 e. The number of ether oxygens (including phenoxy) is 3. The summed E-state index contributed by atoms with van der Waals surface area (Å²) >= 11 is 0. The zero-order chi connectivity index (χ0) is 22.9. The Hall–Kier alpha value is -3.06. The molecule has 2 atom stereocenters. The number of carbonyl (C=O) groups excluding carboxylic acids is 1. The van der Waals surface area contributed by atoms with E-state index in [1.54, 1.807) is 7.11 Å². The fourth-order valence-electron chi connectivity index (χ4n) is 3.75. The first kappa shape index (κ1) is 23.6. The molecule has 3 rings (SSSR count). The number of aliphatic imine (C=N–C) groups is 1. The number of aliphatic hydroxyl groups excluding tert-OH is 1. The van der Waals surface area contributed by atoms with Crippen molar-refractivity contribution in [2.75, 3.05) is 20.3 Å². The SMILES string of the molecule is COc1cccc(C[C@@H](O)[C@H](CC(C)C)NC(=O)OCc2ccccc2)c1C1=NCCO1. The van der Waals surface area contributed by atoms with Crippen LogP contribution in [-0.2, 0) is 22.5 Å². The number of carbonyl (C=O) groups is 1. The van der Waals surface area contributed by atoms with Crippen LogP contribution >= 0.6 is 0 Å². The van der Waals surface area contributed by atoms with Crippen molar-refractivity contribution < 1.29 is 24.1 Å². The summed E-state index contributed by atoms with van der Waals surface area (Å²) in [6.45, 7) is 5.40. The zero-order valence-corrected chi connectivity index (χ0v) is 18.9. The average Bonchev–Trinajstić information content (AvgIpc) is 3.32. The summed E-state index contributed by atoms with van der Waals surface area (Å²) < 4.78 is 16.5. The summed E-state index contributed by atoms with van der Waals surface area (Å²) in [5.74, 6) is 1.45. The summed E-state index contributed by atoms with van der Waals surface area (Å²) in [6, 6.07) is 14.7. The minimum absolute atomic E-state index is 0.175. The standard InChI is InChI=1S/C25H32N2O5/c1-17(2)14-20(27-25(29)32-16-18-8-5-4-6-9-18)21(28)15-19-10-7-11-22(30-3)23(19)24-26-12-13-31-24/h4-11,17,20-21,28H,12-16H2,1-3H3,(H,27,29)/t20-,21+/m0/s1. The van der Waals surface area contributed by atoms with Gasteiger partial charge >= 0.3 is 6.09 Å². The molecule has 1 amide bonds. The lowest BCUT2D eigenvalue weighted by Gasteiger charge is -2.26. The predicted octanol–water partition coefficient (Wildman–Crippen LogP) is 3.72. The number of methoxy groups -OCH3 is 1. The Morgan fingerprint density at radius 1 is 1.19 bits per heavy atom. The van der Waals surface area contributed by atoms with E-state index in [1.165, 1.54) is 0 Å². The average molecular weight is 441 g/mol. The molecule has 0 bridgehead atoms. The van der Waals surface area contributed by atoms with Crippen molar-refractivity contribution >= 4 is 12.0 Å². The quantitative estimate of drug-likeness (QED) is 0.588. The van der Waals surface area contributed by atoms with Crippen LogP contribution in [0.2, 0.25) is 0 Å². The Morgan fingerprint density at radius 2 is 1.97 bits per heavy atom. The number of amides is 1. The Labute approximate surface area is 189 Å². The fourth-order valence-corrected chi connectivity index (χ4v) is 3.75. The largest absolute Gasteiger partial charge is 0.496 e. The molecule has 7 nitrogen and oxygen atoms in total. The molecule has 0 aliphatic carbocycles. The normalized spacial score (nSPS) is 15.0. The number of hydrogen-bond acceptors (Lipinski definition) is 6. The first-order valence-electron chi connectivity index (χ1n) is 11.0. The lowest BCUT2D eigenvalue weighted by Crippen LogP contribution is -2.45. The van der Waals surface area contributed by atoms with Gasteiger partial charge in [-0.05, 0) is 29.5 Å². The third kappa shape index (κ3) is 6.47. The highest BCUT2D eigenvalue weighted by Crippen LogP contribution is 2.27. The number of benzene rings is 2. The molecule has 0 saturated carbocycles. The molecule has 1 heterocycles. The number of nitrogens with zero attached hydrogens (tertiary/aromatic N) is 1. The molecule has 0 radical (unpaired) electrons. The van der Waals surface area contributed by atoms with Gasteiger partial charge in [-0.1, -0.05) is 56.3 Å². The molecule has 2 aromatic carbocycles. The van der Waals surface area contributed by atoms with E-state index in [4.69, 9.17) is 14.2 Å². The molecule has 2 N–H and O–H groups in total. The van der Waals surface area contributed by atoms with Crippen LogP contribution in [-0.4, -0.2) is 49.5 Å². The van der Waals surface area contributed by atoms with Crippen molar-refractivity contribution in [3.05, 3.63) is 65.2 Å². The number of hydrogen-bond donors (Lipinski definition) is 2. The third-order valence-electron chi connectivity index (χ3n) is 5.27. The van der Waals surface area contributed by atoms with E-state index >= 15 is 0 Å². The predicted molar refractivity (Wildman–Crippen MR) is 123 cm³/mol. The smallest absolute Gasteiger partial charge is 0.407 e. The summed E-state index contributed by atoms with van der Waals surface area (Å²) in [7, 11) is 1.60. The highest BCUT2D eigenvalue weighted by Gasteiger charge is 2.27. The number of nitrogens with one attached hydrogen (secondary N) is 1. The van der Waals surface area contributed by atoms with E-state index in [0.29, 0.717) is 37.6 Å². The zero-order valence-electron chi connectivity index (χ0n) is 18.9. The third-order valence-corrected chi connectivity index (χ3v) is 5.27. The first-order chi connectivity index (χ1) is 15.5. The maximum absolute atomic E-state index is 12.4. The van der Waals surface area contributed by atoms with Crippen molar-refractivity contribution in [1.29, 1.82) is 0 Å². The molecule has 1 aliphatic heterocycles. The van der Waals surface area contributed by atoms with Gasteiger partial charge < -0.3 is 24.6 Å². The topological polar surface area (TPSA) is 89.4 Å². The van der Waals surface area contributed by atoms with Crippen LogP contribution in [0.1, 0.15) is 37.0 Å². The van der Waals surface area contributed by atoms with Crippen LogP contribution in [0.5, 0.6) is 5.75 Å². The van der Waals surface area contributed by atoms with Crippen LogP contribution in [0.25, 0.3) is 0 Å². The molecule has 172 valence electrons. The van der Waals surface area contributed by atoms with Crippen LogP contribution in [0, 0.1) is 5.92 Å². The highest BCUT2D eigenvalue weighted by molar-refractivity contribution is 5.99. The lowest BCUT2D eigenvalue weighted by atomic mass is 9.92. The van der Waals surface area contributed by atoms with Gasteiger partial charge in [0.2, 0.25) is 5.90 Å². The molecule has 0 fully saturated rings. The lowest BCUT2D eigenvalue weighted by molar-refractivity contribution is 0.0943. The molecule has 0 saturated heterocycles. The maximum atomic E-state index is 12.4.